The van der Waals surface area contributed by atoms with Crippen LogP contribution in [0.15, 0.2) is 52.9 Å². The van der Waals surface area contributed by atoms with Gasteiger partial charge in [0.1, 0.15) is 6.61 Å². The molecule has 0 bridgehead atoms. The Morgan fingerprint density at radius 2 is 2.10 bits per heavy atom. The van der Waals surface area contributed by atoms with Gasteiger partial charge in [0, 0.05) is 5.38 Å². The molecule has 0 saturated heterocycles. The molecule has 3 aromatic rings. The van der Waals surface area contributed by atoms with Gasteiger partial charge in [0.15, 0.2) is 11.5 Å². The molecule has 1 aromatic heterocycles. The van der Waals surface area contributed by atoms with Crippen molar-refractivity contribution in [3.8, 4) is 11.5 Å². The molecule has 0 radical (unpaired) electrons. The van der Waals surface area contributed by atoms with Gasteiger partial charge < -0.3 is 14.2 Å². The molecule has 0 aliphatic carbocycles. The monoisotopic (exact) mass is 439 g/mol. The molecule has 0 atom stereocenters. The fourth-order valence-corrected chi connectivity index (χ4v) is 3.47. The summed E-state index contributed by atoms with van der Waals surface area (Å²) in [5.74, 6) is 1.000. The van der Waals surface area contributed by atoms with Crippen molar-refractivity contribution in [2.45, 2.75) is 26.9 Å². The molecule has 0 saturated carbocycles. The van der Waals surface area contributed by atoms with E-state index in [9.17, 15) is 4.79 Å². The maximum Gasteiger partial charge on any atom is 0.311 e. The van der Waals surface area contributed by atoms with E-state index in [-0.39, 0.29) is 12.4 Å². The summed E-state index contributed by atoms with van der Waals surface area (Å²) in [7, 11) is 1.61. The van der Waals surface area contributed by atoms with Crippen LogP contribution in [0.1, 0.15) is 29.3 Å². The van der Waals surface area contributed by atoms with Gasteiger partial charge in [-0.2, -0.15) is 5.10 Å². The van der Waals surface area contributed by atoms with E-state index in [1.165, 1.54) is 16.9 Å². The van der Waals surface area contributed by atoms with Crippen LogP contribution in [0.25, 0.3) is 0 Å². The summed E-state index contributed by atoms with van der Waals surface area (Å²) in [6.07, 6.45) is 1.82. The summed E-state index contributed by atoms with van der Waals surface area (Å²) in [5, 5.41) is 6.63. The molecular weight excluding hydrogens is 414 g/mol. The van der Waals surface area contributed by atoms with E-state index in [0.29, 0.717) is 35.5 Å². The topological polar surface area (TPSA) is 82.0 Å². The molecule has 1 heterocycles. The Morgan fingerprint density at radius 3 is 2.87 bits per heavy atom. The third kappa shape index (κ3) is 6.82. The highest BCUT2D eigenvalue weighted by molar-refractivity contribution is 7.13. The molecule has 0 spiro atoms. The van der Waals surface area contributed by atoms with Crippen LogP contribution in [-0.4, -0.2) is 30.9 Å². The highest BCUT2D eigenvalue weighted by Crippen LogP contribution is 2.28. The first-order chi connectivity index (χ1) is 15.1. The zero-order valence-electron chi connectivity index (χ0n) is 17.8. The second kappa shape index (κ2) is 11.1. The molecule has 0 aliphatic rings. The smallest absolute Gasteiger partial charge is 0.311 e. The maximum absolute atomic E-state index is 11.5. The van der Waals surface area contributed by atoms with Crippen LogP contribution in [0.4, 0.5) is 5.13 Å². The minimum absolute atomic E-state index is 0.149. The molecule has 0 aliphatic heterocycles. The Hall–Kier alpha value is -3.39. The predicted molar refractivity (Wildman–Crippen MR) is 122 cm³/mol. The Labute approximate surface area is 185 Å². The molecule has 0 unspecified atom stereocenters. The van der Waals surface area contributed by atoms with E-state index in [1.54, 1.807) is 25.6 Å². The van der Waals surface area contributed by atoms with Crippen molar-refractivity contribution in [3.63, 3.8) is 0 Å². The SMILES string of the molecule is CCOC(=O)Cc1csc(NN=Cc2ccc(OC)c(OCc3cccc(C)c3)c2)n1. The molecule has 3 rings (SSSR count). The molecular formula is C23H25N3O4S. The number of carbonyl (C=O) groups is 1. The predicted octanol–water partition coefficient (Wildman–Crippen LogP) is 4.59. The fourth-order valence-electron chi connectivity index (χ4n) is 2.81. The lowest BCUT2D eigenvalue weighted by Gasteiger charge is -2.11. The third-order valence-corrected chi connectivity index (χ3v) is 5.02. The summed E-state index contributed by atoms with van der Waals surface area (Å²) in [4.78, 5) is 15.9. The van der Waals surface area contributed by atoms with Gasteiger partial charge in [-0.25, -0.2) is 4.98 Å². The minimum Gasteiger partial charge on any atom is -0.493 e. The van der Waals surface area contributed by atoms with Crippen LogP contribution in [-0.2, 0) is 22.6 Å². The number of methoxy groups -OCH3 is 1. The van der Waals surface area contributed by atoms with Crippen LogP contribution < -0.4 is 14.9 Å². The maximum atomic E-state index is 11.5. The Bertz CT molecular complexity index is 1050. The Kier molecular flexibility index (Phi) is 8.00. The van der Waals surface area contributed by atoms with Gasteiger partial charge in [0.05, 0.1) is 32.0 Å². The Morgan fingerprint density at radius 1 is 1.23 bits per heavy atom. The van der Waals surface area contributed by atoms with Crippen molar-refractivity contribution in [3.05, 3.63) is 70.2 Å². The summed E-state index contributed by atoms with van der Waals surface area (Å²) >= 11 is 1.37. The van der Waals surface area contributed by atoms with Crippen molar-refractivity contribution < 1.29 is 19.0 Å². The lowest BCUT2D eigenvalue weighted by atomic mass is 10.1. The number of carbonyl (C=O) groups excluding carboxylic acids is 1. The number of nitrogens with zero attached hydrogens (tertiary/aromatic N) is 2. The molecule has 31 heavy (non-hydrogen) atoms. The number of hydrogen-bond acceptors (Lipinski definition) is 8. The van der Waals surface area contributed by atoms with Gasteiger partial charge in [0.25, 0.3) is 0 Å². The molecule has 0 amide bonds. The summed E-state index contributed by atoms with van der Waals surface area (Å²) in [5.41, 5.74) is 6.65. The molecule has 0 fully saturated rings. The van der Waals surface area contributed by atoms with Crippen LogP contribution >= 0.6 is 11.3 Å². The first kappa shape index (κ1) is 22.3. The fraction of sp³-hybridized carbons (Fsp3) is 0.261. The standard InChI is InChI=1S/C23H25N3O4S/c1-4-29-22(27)12-19-15-31-23(25-19)26-24-13-17-8-9-20(28-3)21(11-17)30-14-18-7-5-6-16(2)10-18/h5-11,13,15H,4,12,14H2,1-3H3,(H,25,26). The number of aryl methyl sites for hydroxylation is 1. The summed E-state index contributed by atoms with van der Waals surface area (Å²) < 4.78 is 16.3. The van der Waals surface area contributed by atoms with Crippen molar-refractivity contribution in [2.24, 2.45) is 5.10 Å². The summed E-state index contributed by atoms with van der Waals surface area (Å²) in [6, 6.07) is 13.8. The van der Waals surface area contributed by atoms with E-state index in [0.717, 1.165) is 11.1 Å². The molecule has 2 aromatic carbocycles. The third-order valence-electron chi connectivity index (χ3n) is 4.22. The molecule has 1 N–H and O–H groups in total. The first-order valence-corrected chi connectivity index (χ1v) is 10.7. The van der Waals surface area contributed by atoms with Crippen molar-refractivity contribution in [2.75, 3.05) is 19.1 Å². The van der Waals surface area contributed by atoms with Crippen molar-refractivity contribution in [1.29, 1.82) is 0 Å². The minimum atomic E-state index is -0.292. The lowest BCUT2D eigenvalue weighted by Crippen LogP contribution is -2.07. The van der Waals surface area contributed by atoms with Crippen molar-refractivity contribution >= 4 is 28.7 Å². The van der Waals surface area contributed by atoms with Gasteiger partial charge >= 0.3 is 5.97 Å². The average molecular weight is 440 g/mol. The van der Waals surface area contributed by atoms with E-state index < -0.39 is 0 Å². The van der Waals surface area contributed by atoms with E-state index >= 15 is 0 Å². The molecule has 162 valence electrons. The van der Waals surface area contributed by atoms with Crippen LogP contribution in [0, 0.1) is 6.92 Å². The Balaban J connectivity index is 1.61. The van der Waals surface area contributed by atoms with Gasteiger partial charge in [-0.3, -0.25) is 10.2 Å². The van der Waals surface area contributed by atoms with Crippen LogP contribution in [0.5, 0.6) is 11.5 Å². The number of anilines is 1. The molecule has 8 heteroatoms. The van der Waals surface area contributed by atoms with E-state index in [2.05, 4.69) is 34.6 Å². The largest absolute Gasteiger partial charge is 0.493 e. The number of hydrogen-bond donors (Lipinski definition) is 1. The van der Waals surface area contributed by atoms with Gasteiger partial charge in [-0.1, -0.05) is 29.8 Å². The number of hydrazone groups is 1. The van der Waals surface area contributed by atoms with Crippen LogP contribution in [0.2, 0.25) is 0 Å². The lowest BCUT2D eigenvalue weighted by molar-refractivity contribution is -0.142. The van der Waals surface area contributed by atoms with E-state index in [1.807, 2.05) is 30.3 Å². The molecule has 7 nitrogen and oxygen atoms in total. The summed E-state index contributed by atoms with van der Waals surface area (Å²) in [6.45, 7) is 4.63. The van der Waals surface area contributed by atoms with Gasteiger partial charge in [-0.05, 0) is 43.2 Å². The number of benzene rings is 2. The van der Waals surface area contributed by atoms with E-state index in [4.69, 9.17) is 14.2 Å². The van der Waals surface area contributed by atoms with Gasteiger partial charge in [-0.15, -0.1) is 11.3 Å². The van der Waals surface area contributed by atoms with Crippen molar-refractivity contribution in [1.82, 2.24) is 4.98 Å². The number of ether oxygens (including phenoxy) is 3. The highest BCUT2D eigenvalue weighted by Gasteiger charge is 2.08. The quantitative estimate of drug-likeness (QED) is 0.283. The zero-order chi connectivity index (χ0) is 22.1. The number of rotatable bonds is 10. The average Bonchev–Trinajstić information content (AvgIpc) is 3.19. The normalized spacial score (nSPS) is 10.8. The highest BCUT2D eigenvalue weighted by atomic mass is 32.1. The number of thiazole rings is 1. The number of aromatic nitrogens is 1. The number of esters is 1. The second-order valence-corrected chi connectivity index (χ2v) is 7.54. The zero-order valence-corrected chi connectivity index (χ0v) is 18.6. The first-order valence-electron chi connectivity index (χ1n) is 9.83. The second-order valence-electron chi connectivity index (χ2n) is 6.68. The van der Waals surface area contributed by atoms with Crippen LogP contribution in [0.3, 0.4) is 0 Å². The number of nitrogens with one attached hydrogen (secondary N) is 1. The van der Waals surface area contributed by atoms with Gasteiger partial charge in [0.2, 0.25) is 5.13 Å².